The van der Waals surface area contributed by atoms with Crippen molar-refractivity contribution in [1.82, 2.24) is 10.2 Å². The Bertz CT molecular complexity index is 889. The van der Waals surface area contributed by atoms with Gasteiger partial charge in [0.05, 0.1) is 5.56 Å². The van der Waals surface area contributed by atoms with Crippen molar-refractivity contribution < 1.29 is 18.0 Å². The van der Waals surface area contributed by atoms with E-state index in [4.69, 9.17) is 0 Å². The van der Waals surface area contributed by atoms with Crippen LogP contribution in [0.15, 0.2) is 48.5 Å². The first-order valence-electron chi connectivity index (χ1n) is 10.3. The summed E-state index contributed by atoms with van der Waals surface area (Å²) in [6, 6.07) is 13.1. The summed E-state index contributed by atoms with van der Waals surface area (Å²) in [5.41, 5.74) is 0.944. The van der Waals surface area contributed by atoms with E-state index in [1.165, 1.54) is 30.5 Å². The molecular formula is C23H26F3N3O. The van der Waals surface area contributed by atoms with Gasteiger partial charge in [-0.1, -0.05) is 18.2 Å². The van der Waals surface area contributed by atoms with Crippen molar-refractivity contribution in [3.63, 3.8) is 0 Å². The van der Waals surface area contributed by atoms with E-state index in [-0.39, 0.29) is 5.56 Å². The van der Waals surface area contributed by atoms with Gasteiger partial charge in [-0.25, -0.2) is 0 Å². The molecule has 2 aliphatic rings. The number of nitrogens with zero attached hydrogens (tertiary/aromatic N) is 1. The summed E-state index contributed by atoms with van der Waals surface area (Å²) in [6.45, 7) is 2.27. The maximum atomic E-state index is 12.8. The molecule has 1 heterocycles. The Balaban J connectivity index is 1.32. The molecule has 1 saturated heterocycles. The topological polar surface area (TPSA) is 44.4 Å². The molecule has 160 valence electrons. The molecule has 1 amide bonds. The second-order valence-corrected chi connectivity index (χ2v) is 8.35. The smallest absolute Gasteiger partial charge is 0.322 e. The van der Waals surface area contributed by atoms with Gasteiger partial charge in [-0.2, -0.15) is 13.2 Å². The molecule has 7 heteroatoms. The Labute approximate surface area is 174 Å². The van der Waals surface area contributed by atoms with Crippen molar-refractivity contribution in [2.24, 2.45) is 0 Å². The molecule has 4 rings (SSSR count). The molecule has 0 radical (unpaired) electrons. The highest BCUT2D eigenvalue weighted by Gasteiger charge is 2.39. The van der Waals surface area contributed by atoms with Gasteiger partial charge in [0.25, 0.3) is 5.91 Å². The molecular weight excluding hydrogens is 391 g/mol. The number of benzene rings is 2. The Morgan fingerprint density at radius 2 is 1.77 bits per heavy atom. The van der Waals surface area contributed by atoms with Gasteiger partial charge in [0.15, 0.2) is 0 Å². The minimum absolute atomic E-state index is 0.0153. The maximum absolute atomic E-state index is 12.8. The zero-order valence-electron chi connectivity index (χ0n) is 16.9. The van der Waals surface area contributed by atoms with E-state index in [0.717, 1.165) is 31.6 Å². The van der Waals surface area contributed by atoms with Crippen LogP contribution in [0.25, 0.3) is 0 Å². The van der Waals surface area contributed by atoms with Crippen LogP contribution in [0.5, 0.6) is 0 Å². The molecule has 1 aliphatic carbocycles. The lowest BCUT2D eigenvalue weighted by Crippen LogP contribution is -2.41. The Hall–Kier alpha value is -2.38. The largest absolute Gasteiger partial charge is 0.416 e. The summed E-state index contributed by atoms with van der Waals surface area (Å²) < 4.78 is 38.5. The Kier molecular flexibility index (Phi) is 5.84. The minimum atomic E-state index is -4.47. The number of carbonyl (C=O) groups is 1. The number of hydrogen-bond donors (Lipinski definition) is 2. The number of alkyl halides is 3. The molecule has 0 spiro atoms. The Morgan fingerprint density at radius 3 is 2.43 bits per heavy atom. The predicted molar refractivity (Wildman–Crippen MR) is 111 cm³/mol. The van der Waals surface area contributed by atoms with Crippen LogP contribution in [0, 0.1) is 0 Å². The third kappa shape index (κ3) is 5.02. The van der Waals surface area contributed by atoms with E-state index in [1.54, 1.807) is 0 Å². The van der Waals surface area contributed by atoms with Gasteiger partial charge in [0.1, 0.15) is 0 Å². The number of hydrogen-bond acceptors (Lipinski definition) is 3. The summed E-state index contributed by atoms with van der Waals surface area (Å²) in [4.78, 5) is 14.7. The molecule has 1 aliphatic heterocycles. The van der Waals surface area contributed by atoms with Gasteiger partial charge in [0, 0.05) is 29.3 Å². The molecule has 0 aromatic heterocycles. The van der Waals surface area contributed by atoms with Crippen LogP contribution < -0.4 is 10.6 Å². The van der Waals surface area contributed by atoms with E-state index in [1.807, 2.05) is 24.3 Å². The molecule has 2 aromatic rings. The molecule has 2 fully saturated rings. The predicted octanol–water partition coefficient (Wildman–Crippen LogP) is 4.50. The van der Waals surface area contributed by atoms with E-state index in [0.29, 0.717) is 23.7 Å². The monoisotopic (exact) mass is 417 g/mol. The van der Waals surface area contributed by atoms with Crippen molar-refractivity contribution in [1.29, 1.82) is 0 Å². The zero-order chi connectivity index (χ0) is 21.3. The van der Waals surface area contributed by atoms with Crippen molar-refractivity contribution >= 4 is 11.6 Å². The van der Waals surface area contributed by atoms with Gasteiger partial charge in [-0.05, 0) is 75.3 Å². The molecule has 2 aromatic carbocycles. The Morgan fingerprint density at radius 1 is 1.07 bits per heavy atom. The van der Waals surface area contributed by atoms with Crippen molar-refractivity contribution in [2.75, 3.05) is 25.5 Å². The molecule has 1 saturated carbocycles. The van der Waals surface area contributed by atoms with Crippen molar-refractivity contribution in [2.45, 2.75) is 43.4 Å². The van der Waals surface area contributed by atoms with Crippen LogP contribution in [0.1, 0.15) is 46.7 Å². The fourth-order valence-corrected chi connectivity index (χ4v) is 4.08. The molecule has 2 unspecified atom stereocenters. The standard InChI is InChI=1S/C23H26F3N3O/c1-29-11-9-19(10-12-29)27-21-14-20(21)15-5-7-18(8-6-15)28-22(30)16-3-2-4-17(13-16)23(24,25)26/h2-8,13,19-21,27H,9-12,14H2,1H3,(H,28,30). The van der Waals surface area contributed by atoms with Gasteiger partial charge >= 0.3 is 6.18 Å². The second-order valence-electron chi connectivity index (χ2n) is 8.35. The highest BCUT2D eigenvalue weighted by molar-refractivity contribution is 6.04. The maximum Gasteiger partial charge on any atom is 0.416 e. The number of rotatable bonds is 5. The number of amides is 1. The van der Waals surface area contributed by atoms with Crippen LogP contribution >= 0.6 is 0 Å². The zero-order valence-corrected chi connectivity index (χ0v) is 16.9. The van der Waals surface area contributed by atoms with Crippen LogP contribution in [0.3, 0.4) is 0 Å². The third-order valence-electron chi connectivity index (χ3n) is 6.01. The summed E-state index contributed by atoms with van der Waals surface area (Å²) in [5.74, 6) is -0.0695. The first-order chi connectivity index (χ1) is 14.3. The van der Waals surface area contributed by atoms with Gasteiger partial charge in [-0.15, -0.1) is 0 Å². The summed E-state index contributed by atoms with van der Waals surface area (Å²) in [6.07, 6.45) is -0.997. The van der Waals surface area contributed by atoms with Crippen LogP contribution in [0.4, 0.5) is 18.9 Å². The molecule has 30 heavy (non-hydrogen) atoms. The molecule has 0 bridgehead atoms. The normalized spacial score (nSPS) is 22.7. The number of piperidine rings is 1. The SMILES string of the molecule is CN1CCC(NC2CC2c2ccc(NC(=O)c3cccc(C(F)(F)F)c3)cc2)CC1. The summed E-state index contributed by atoms with van der Waals surface area (Å²) >= 11 is 0. The van der Waals surface area contributed by atoms with Crippen molar-refractivity contribution in [3.8, 4) is 0 Å². The lowest BCUT2D eigenvalue weighted by molar-refractivity contribution is -0.137. The van der Waals surface area contributed by atoms with E-state index in [9.17, 15) is 18.0 Å². The highest BCUT2D eigenvalue weighted by Crippen LogP contribution is 2.41. The number of anilines is 1. The van der Waals surface area contributed by atoms with Gasteiger partial charge < -0.3 is 15.5 Å². The van der Waals surface area contributed by atoms with E-state index < -0.39 is 17.6 Å². The van der Waals surface area contributed by atoms with Crippen LogP contribution in [-0.4, -0.2) is 43.0 Å². The number of carbonyl (C=O) groups excluding carboxylic acids is 1. The average molecular weight is 417 g/mol. The van der Waals surface area contributed by atoms with Crippen LogP contribution in [-0.2, 0) is 6.18 Å². The minimum Gasteiger partial charge on any atom is -0.322 e. The average Bonchev–Trinajstić information content (AvgIpc) is 3.49. The van der Waals surface area contributed by atoms with E-state index in [2.05, 4.69) is 22.6 Å². The fraction of sp³-hybridized carbons (Fsp3) is 0.435. The van der Waals surface area contributed by atoms with Crippen LogP contribution in [0.2, 0.25) is 0 Å². The number of likely N-dealkylation sites (tertiary alicyclic amines) is 1. The fourth-order valence-electron chi connectivity index (χ4n) is 4.08. The lowest BCUT2D eigenvalue weighted by Gasteiger charge is -2.29. The second kappa shape index (κ2) is 8.40. The quantitative estimate of drug-likeness (QED) is 0.753. The third-order valence-corrected chi connectivity index (χ3v) is 6.01. The first-order valence-corrected chi connectivity index (χ1v) is 10.3. The number of halogens is 3. The molecule has 2 N–H and O–H groups in total. The van der Waals surface area contributed by atoms with Gasteiger partial charge in [0.2, 0.25) is 0 Å². The molecule has 2 atom stereocenters. The highest BCUT2D eigenvalue weighted by atomic mass is 19.4. The molecule has 4 nitrogen and oxygen atoms in total. The lowest BCUT2D eigenvalue weighted by atomic mass is 10.0. The van der Waals surface area contributed by atoms with E-state index >= 15 is 0 Å². The van der Waals surface area contributed by atoms with Gasteiger partial charge in [-0.3, -0.25) is 4.79 Å². The summed E-state index contributed by atoms with van der Waals surface area (Å²) in [7, 11) is 2.16. The summed E-state index contributed by atoms with van der Waals surface area (Å²) in [5, 5.41) is 6.44. The first kappa shape index (κ1) is 20.9. The number of nitrogens with one attached hydrogen (secondary N) is 2. The van der Waals surface area contributed by atoms with Crippen molar-refractivity contribution in [3.05, 3.63) is 65.2 Å².